The van der Waals surface area contributed by atoms with Gasteiger partial charge in [0.25, 0.3) is 0 Å². The molecule has 1 saturated heterocycles. The van der Waals surface area contributed by atoms with E-state index in [-0.39, 0.29) is 5.91 Å². The molecule has 3 heteroatoms. The van der Waals surface area contributed by atoms with Crippen molar-refractivity contribution in [1.29, 1.82) is 0 Å². The predicted molar refractivity (Wildman–Crippen MR) is 76.5 cm³/mol. The second-order valence-electron chi connectivity index (χ2n) is 5.87. The van der Waals surface area contributed by atoms with Gasteiger partial charge in [-0.15, -0.1) is 0 Å². The maximum Gasteiger partial charge on any atom is 0.219 e. The molecule has 1 rings (SSSR count). The summed E-state index contributed by atoms with van der Waals surface area (Å²) >= 11 is 0. The van der Waals surface area contributed by atoms with Gasteiger partial charge in [-0.2, -0.15) is 0 Å². The second-order valence-corrected chi connectivity index (χ2v) is 5.87. The average Bonchev–Trinajstić information content (AvgIpc) is 2.38. The number of hydrogen-bond donors (Lipinski definition) is 1. The Morgan fingerprint density at radius 1 is 1.33 bits per heavy atom. The molecule has 0 unspecified atom stereocenters. The summed E-state index contributed by atoms with van der Waals surface area (Å²) in [7, 11) is 0. The molecule has 0 aromatic rings. The summed E-state index contributed by atoms with van der Waals surface area (Å²) in [4.78, 5) is 13.2. The largest absolute Gasteiger partial charge is 0.343 e. The lowest BCUT2D eigenvalue weighted by Crippen LogP contribution is -2.38. The summed E-state index contributed by atoms with van der Waals surface area (Å²) in [6, 6.07) is 0.618. The average molecular weight is 254 g/mol. The van der Waals surface area contributed by atoms with Crippen LogP contribution in [0, 0.1) is 11.8 Å². The summed E-state index contributed by atoms with van der Waals surface area (Å²) < 4.78 is 0. The monoisotopic (exact) mass is 254 g/mol. The van der Waals surface area contributed by atoms with Crippen LogP contribution in [0.5, 0.6) is 0 Å². The summed E-state index contributed by atoms with van der Waals surface area (Å²) in [5, 5.41) is 3.63. The molecule has 106 valence electrons. The number of likely N-dealkylation sites (tertiary alicyclic amines) is 1. The van der Waals surface area contributed by atoms with E-state index >= 15 is 0 Å². The van der Waals surface area contributed by atoms with Gasteiger partial charge >= 0.3 is 0 Å². The van der Waals surface area contributed by atoms with Gasteiger partial charge in [0.15, 0.2) is 0 Å². The fraction of sp³-hybridized carbons (Fsp3) is 0.933. The van der Waals surface area contributed by atoms with E-state index in [9.17, 15) is 4.79 Å². The molecule has 2 atom stereocenters. The van der Waals surface area contributed by atoms with E-state index in [0.29, 0.717) is 6.04 Å². The Labute approximate surface area is 112 Å². The van der Waals surface area contributed by atoms with E-state index in [0.717, 1.165) is 31.5 Å². The molecule has 18 heavy (non-hydrogen) atoms. The van der Waals surface area contributed by atoms with Crippen LogP contribution in [0.1, 0.15) is 53.4 Å². The topological polar surface area (TPSA) is 32.3 Å². The van der Waals surface area contributed by atoms with Gasteiger partial charge < -0.3 is 10.2 Å². The first-order chi connectivity index (χ1) is 8.54. The van der Waals surface area contributed by atoms with Crippen LogP contribution in [0.3, 0.4) is 0 Å². The minimum atomic E-state index is 0.233. The zero-order valence-electron chi connectivity index (χ0n) is 12.5. The quantitative estimate of drug-likeness (QED) is 0.790. The Hall–Kier alpha value is -0.570. The Bertz CT molecular complexity index is 247. The Balaban J connectivity index is 2.13. The molecular weight excluding hydrogens is 224 g/mol. The van der Waals surface area contributed by atoms with Crippen LogP contribution in [0.4, 0.5) is 0 Å². The number of piperidine rings is 1. The summed E-state index contributed by atoms with van der Waals surface area (Å²) in [5.41, 5.74) is 0. The maximum absolute atomic E-state index is 11.2. The first-order valence-electron chi connectivity index (χ1n) is 7.53. The van der Waals surface area contributed by atoms with Crippen molar-refractivity contribution >= 4 is 5.91 Å². The normalized spacial score (nSPS) is 20.8. The van der Waals surface area contributed by atoms with E-state index in [4.69, 9.17) is 0 Å². The van der Waals surface area contributed by atoms with Crippen molar-refractivity contribution in [3.63, 3.8) is 0 Å². The molecule has 0 bridgehead atoms. The lowest BCUT2D eigenvalue weighted by Gasteiger charge is -2.31. The van der Waals surface area contributed by atoms with Gasteiger partial charge in [-0.25, -0.2) is 0 Å². The number of rotatable bonds is 6. The number of nitrogens with zero attached hydrogens (tertiary/aromatic N) is 1. The molecule has 1 heterocycles. The van der Waals surface area contributed by atoms with Gasteiger partial charge in [-0.1, -0.05) is 20.3 Å². The van der Waals surface area contributed by atoms with Crippen molar-refractivity contribution in [2.24, 2.45) is 11.8 Å². The van der Waals surface area contributed by atoms with Crippen LogP contribution in [0.25, 0.3) is 0 Å². The highest BCUT2D eigenvalue weighted by atomic mass is 16.2. The van der Waals surface area contributed by atoms with E-state index in [1.54, 1.807) is 6.92 Å². The first-order valence-corrected chi connectivity index (χ1v) is 7.53. The minimum absolute atomic E-state index is 0.233. The molecule has 0 saturated carbocycles. The Morgan fingerprint density at radius 3 is 2.44 bits per heavy atom. The zero-order valence-corrected chi connectivity index (χ0v) is 12.5. The van der Waals surface area contributed by atoms with Crippen molar-refractivity contribution in [2.45, 2.75) is 59.4 Å². The number of carbonyl (C=O) groups is 1. The lowest BCUT2D eigenvalue weighted by atomic mass is 9.93. The van der Waals surface area contributed by atoms with Crippen LogP contribution in [-0.4, -0.2) is 36.5 Å². The number of carbonyl (C=O) groups excluding carboxylic acids is 1. The van der Waals surface area contributed by atoms with Crippen molar-refractivity contribution in [3.8, 4) is 0 Å². The third-order valence-corrected chi connectivity index (χ3v) is 4.58. The van der Waals surface area contributed by atoms with E-state index in [1.165, 1.54) is 25.7 Å². The fourth-order valence-electron chi connectivity index (χ4n) is 2.61. The van der Waals surface area contributed by atoms with Gasteiger partial charge in [-0.05, 0) is 44.6 Å². The van der Waals surface area contributed by atoms with Gasteiger partial charge in [0.05, 0.1) is 0 Å². The van der Waals surface area contributed by atoms with Crippen molar-refractivity contribution < 1.29 is 4.79 Å². The van der Waals surface area contributed by atoms with Crippen LogP contribution in [-0.2, 0) is 4.79 Å². The minimum Gasteiger partial charge on any atom is -0.343 e. The maximum atomic E-state index is 11.2. The van der Waals surface area contributed by atoms with Crippen molar-refractivity contribution in [2.75, 3.05) is 19.6 Å². The molecule has 1 N–H and O–H groups in total. The lowest BCUT2D eigenvalue weighted by molar-refractivity contribution is -0.130. The summed E-state index contributed by atoms with van der Waals surface area (Å²) in [6.07, 6.45) is 4.86. The van der Waals surface area contributed by atoms with Crippen molar-refractivity contribution in [1.82, 2.24) is 10.2 Å². The summed E-state index contributed by atoms with van der Waals surface area (Å²) in [5.74, 6) is 1.79. The SMILES string of the molecule is CC[C@H](C)[C@H](C)NCCC1CCN(C(C)=O)CC1. The zero-order chi connectivity index (χ0) is 13.5. The van der Waals surface area contributed by atoms with Gasteiger partial charge in [0, 0.05) is 26.1 Å². The van der Waals surface area contributed by atoms with Crippen molar-refractivity contribution in [3.05, 3.63) is 0 Å². The number of amides is 1. The Morgan fingerprint density at radius 2 is 1.94 bits per heavy atom. The predicted octanol–water partition coefficient (Wildman–Crippen LogP) is 2.66. The molecule has 1 amide bonds. The van der Waals surface area contributed by atoms with Gasteiger partial charge in [0.2, 0.25) is 5.91 Å². The number of hydrogen-bond acceptors (Lipinski definition) is 2. The molecule has 0 aliphatic carbocycles. The first kappa shape index (κ1) is 15.5. The molecule has 0 aromatic carbocycles. The van der Waals surface area contributed by atoms with Crippen LogP contribution in [0.15, 0.2) is 0 Å². The third kappa shape index (κ3) is 4.97. The molecule has 0 spiro atoms. The van der Waals surface area contributed by atoms with E-state index < -0.39 is 0 Å². The molecule has 0 aromatic heterocycles. The Kier molecular flexibility index (Phi) is 6.69. The van der Waals surface area contributed by atoms with Gasteiger partial charge in [-0.3, -0.25) is 4.79 Å². The number of nitrogens with one attached hydrogen (secondary N) is 1. The highest BCUT2D eigenvalue weighted by Gasteiger charge is 2.20. The second kappa shape index (κ2) is 7.78. The summed E-state index contributed by atoms with van der Waals surface area (Å²) in [6.45, 7) is 11.6. The molecule has 1 fully saturated rings. The smallest absolute Gasteiger partial charge is 0.219 e. The highest BCUT2D eigenvalue weighted by molar-refractivity contribution is 5.73. The van der Waals surface area contributed by atoms with Gasteiger partial charge in [0.1, 0.15) is 0 Å². The van der Waals surface area contributed by atoms with Crippen LogP contribution >= 0.6 is 0 Å². The van der Waals surface area contributed by atoms with Crippen LogP contribution in [0.2, 0.25) is 0 Å². The fourth-order valence-corrected chi connectivity index (χ4v) is 2.61. The van der Waals surface area contributed by atoms with E-state index in [2.05, 4.69) is 26.1 Å². The van der Waals surface area contributed by atoms with Crippen LogP contribution < -0.4 is 5.32 Å². The molecule has 3 nitrogen and oxygen atoms in total. The third-order valence-electron chi connectivity index (χ3n) is 4.58. The standard InChI is InChI=1S/C15H30N2O/c1-5-12(2)13(3)16-9-6-15-7-10-17(11-8-15)14(4)18/h12-13,15-16H,5-11H2,1-4H3/t12-,13-/m0/s1. The molecular formula is C15H30N2O. The molecule has 0 radical (unpaired) electrons. The molecule has 1 aliphatic rings. The van der Waals surface area contributed by atoms with E-state index in [1.807, 2.05) is 4.90 Å². The highest BCUT2D eigenvalue weighted by Crippen LogP contribution is 2.20. The molecule has 1 aliphatic heterocycles.